The minimum Gasteiger partial charge on any atom is -0.445 e. The van der Waals surface area contributed by atoms with E-state index in [0.717, 1.165) is 5.56 Å². The topological polar surface area (TPSA) is 96.5 Å². The highest BCUT2D eigenvalue weighted by Gasteiger charge is 2.26. The molecule has 3 N–H and O–H groups in total. The number of hydrogen-bond donors (Lipinski definition) is 3. The summed E-state index contributed by atoms with van der Waals surface area (Å²) in [7, 11) is 0. The Morgan fingerprint density at radius 1 is 0.871 bits per heavy atom. The Labute approximate surface area is 183 Å². The second-order valence-corrected chi connectivity index (χ2v) is 7.78. The Kier molecular flexibility index (Phi) is 9.06. The van der Waals surface area contributed by atoms with Gasteiger partial charge in [0, 0.05) is 17.3 Å². The number of alkyl carbamates (subject to hydrolysis) is 1. The molecule has 2 atom stereocenters. The molecule has 0 aliphatic carbocycles. The van der Waals surface area contributed by atoms with Crippen molar-refractivity contribution in [2.75, 3.05) is 10.6 Å². The van der Waals surface area contributed by atoms with Crippen molar-refractivity contribution in [3.63, 3.8) is 0 Å². The first-order chi connectivity index (χ1) is 14.8. The second kappa shape index (κ2) is 11.7. The van der Waals surface area contributed by atoms with Gasteiger partial charge in [-0.2, -0.15) is 0 Å². The van der Waals surface area contributed by atoms with Crippen molar-refractivity contribution in [2.45, 2.75) is 46.8 Å². The predicted octanol–water partition coefficient (Wildman–Crippen LogP) is 4.56. The second-order valence-electron chi connectivity index (χ2n) is 7.78. The van der Waals surface area contributed by atoms with E-state index < -0.39 is 12.1 Å². The molecule has 0 radical (unpaired) electrons. The van der Waals surface area contributed by atoms with Gasteiger partial charge in [-0.3, -0.25) is 9.59 Å². The van der Waals surface area contributed by atoms with Gasteiger partial charge >= 0.3 is 6.09 Å². The van der Waals surface area contributed by atoms with E-state index in [2.05, 4.69) is 16.0 Å². The van der Waals surface area contributed by atoms with Crippen molar-refractivity contribution in [3.8, 4) is 0 Å². The summed E-state index contributed by atoms with van der Waals surface area (Å²) >= 11 is 0. The third-order valence-electron chi connectivity index (χ3n) is 4.90. The van der Waals surface area contributed by atoms with E-state index in [1.54, 1.807) is 38.1 Å². The average Bonchev–Trinajstić information content (AvgIpc) is 2.76. The molecule has 0 heterocycles. The zero-order valence-corrected chi connectivity index (χ0v) is 18.5. The lowest BCUT2D eigenvalue weighted by atomic mass is 9.98. The summed E-state index contributed by atoms with van der Waals surface area (Å²) in [5.74, 6) is -0.714. The van der Waals surface area contributed by atoms with E-state index in [0.29, 0.717) is 17.8 Å². The highest BCUT2D eigenvalue weighted by Crippen LogP contribution is 2.18. The van der Waals surface area contributed by atoms with Gasteiger partial charge in [-0.15, -0.1) is 0 Å². The number of benzene rings is 2. The highest BCUT2D eigenvalue weighted by atomic mass is 16.5. The van der Waals surface area contributed by atoms with E-state index in [-0.39, 0.29) is 30.3 Å². The average molecular weight is 426 g/mol. The molecular weight excluding hydrogens is 394 g/mol. The van der Waals surface area contributed by atoms with Crippen LogP contribution in [0.3, 0.4) is 0 Å². The van der Waals surface area contributed by atoms with Gasteiger partial charge in [0.05, 0.1) is 0 Å². The molecule has 31 heavy (non-hydrogen) atoms. The molecule has 2 rings (SSSR count). The van der Waals surface area contributed by atoms with Crippen LogP contribution in [0.25, 0.3) is 0 Å². The molecule has 2 aromatic carbocycles. The van der Waals surface area contributed by atoms with Crippen LogP contribution in [0.5, 0.6) is 0 Å². The third-order valence-corrected chi connectivity index (χ3v) is 4.90. The molecule has 3 amide bonds. The fourth-order valence-corrected chi connectivity index (χ4v) is 2.77. The van der Waals surface area contributed by atoms with Crippen LogP contribution in [-0.4, -0.2) is 23.9 Å². The molecule has 0 aliphatic heterocycles. The molecule has 7 heteroatoms. The van der Waals surface area contributed by atoms with Crippen LogP contribution >= 0.6 is 0 Å². The number of rotatable bonds is 9. The van der Waals surface area contributed by atoms with Crippen LogP contribution in [0.2, 0.25) is 0 Å². The molecule has 0 saturated heterocycles. The van der Waals surface area contributed by atoms with E-state index in [4.69, 9.17) is 4.74 Å². The first-order valence-corrected chi connectivity index (χ1v) is 10.5. The Balaban J connectivity index is 2.01. The molecule has 0 spiro atoms. The maximum Gasteiger partial charge on any atom is 0.408 e. The van der Waals surface area contributed by atoms with Gasteiger partial charge in [-0.05, 0) is 29.7 Å². The minimum atomic E-state index is -0.762. The summed E-state index contributed by atoms with van der Waals surface area (Å²) in [5.41, 5.74) is 1.98. The van der Waals surface area contributed by atoms with E-state index >= 15 is 0 Å². The summed E-state index contributed by atoms with van der Waals surface area (Å²) < 4.78 is 5.26. The van der Waals surface area contributed by atoms with Crippen LogP contribution in [0.1, 0.15) is 39.7 Å². The van der Waals surface area contributed by atoms with Crippen LogP contribution < -0.4 is 16.0 Å². The molecular formula is C24H31N3O4. The molecule has 166 valence electrons. The van der Waals surface area contributed by atoms with Gasteiger partial charge in [-0.1, -0.05) is 70.5 Å². The SMILES string of the molecule is CC[C@H](C)[C@H](NC(=O)OCc1ccccc1)C(=O)Nc1cccc(NC(=O)C(C)C)c1. The van der Waals surface area contributed by atoms with Crippen LogP contribution in [0.4, 0.5) is 16.2 Å². The van der Waals surface area contributed by atoms with E-state index in [1.165, 1.54) is 0 Å². The summed E-state index contributed by atoms with van der Waals surface area (Å²) in [6.07, 6.45) is 0.0453. The Bertz CT molecular complexity index is 883. The van der Waals surface area contributed by atoms with Gasteiger partial charge in [0.15, 0.2) is 0 Å². The van der Waals surface area contributed by atoms with Crippen molar-refractivity contribution in [1.29, 1.82) is 0 Å². The van der Waals surface area contributed by atoms with Crippen LogP contribution in [0, 0.1) is 11.8 Å². The van der Waals surface area contributed by atoms with Gasteiger partial charge < -0.3 is 20.7 Å². The quantitative estimate of drug-likeness (QED) is 0.549. The van der Waals surface area contributed by atoms with Crippen molar-refractivity contribution >= 4 is 29.3 Å². The van der Waals surface area contributed by atoms with Crippen molar-refractivity contribution in [1.82, 2.24) is 5.32 Å². The fraction of sp³-hybridized carbons (Fsp3) is 0.375. The van der Waals surface area contributed by atoms with Gasteiger partial charge in [0.1, 0.15) is 12.6 Å². The summed E-state index contributed by atoms with van der Waals surface area (Å²) in [6, 6.07) is 15.5. The molecule has 0 saturated carbocycles. The maximum atomic E-state index is 12.9. The zero-order chi connectivity index (χ0) is 22.8. The molecule has 0 aliphatic rings. The smallest absolute Gasteiger partial charge is 0.408 e. The molecule has 0 aromatic heterocycles. The number of ether oxygens (including phenoxy) is 1. The Morgan fingerprint density at radius 2 is 1.48 bits per heavy atom. The number of hydrogen-bond acceptors (Lipinski definition) is 4. The van der Waals surface area contributed by atoms with Crippen LogP contribution in [0.15, 0.2) is 54.6 Å². The monoisotopic (exact) mass is 425 g/mol. The fourth-order valence-electron chi connectivity index (χ4n) is 2.77. The molecule has 2 aromatic rings. The first kappa shape index (κ1) is 23.9. The zero-order valence-electron chi connectivity index (χ0n) is 18.5. The standard InChI is InChI=1S/C24H31N3O4/c1-5-17(4)21(27-24(30)31-15-18-10-7-6-8-11-18)23(29)26-20-13-9-12-19(14-20)25-22(28)16(2)3/h6-14,16-17,21H,5,15H2,1-4H3,(H,25,28)(H,26,29)(H,27,30)/t17-,21-/m0/s1. The largest absolute Gasteiger partial charge is 0.445 e. The third kappa shape index (κ3) is 7.77. The number of amides is 3. The molecule has 0 unspecified atom stereocenters. The van der Waals surface area contributed by atoms with Crippen molar-refractivity contribution in [3.05, 3.63) is 60.2 Å². The molecule has 0 fully saturated rings. The number of nitrogens with one attached hydrogen (secondary N) is 3. The first-order valence-electron chi connectivity index (χ1n) is 10.5. The maximum absolute atomic E-state index is 12.9. The number of anilines is 2. The predicted molar refractivity (Wildman–Crippen MR) is 122 cm³/mol. The lowest BCUT2D eigenvalue weighted by Gasteiger charge is -2.23. The van der Waals surface area contributed by atoms with Crippen LogP contribution in [-0.2, 0) is 20.9 Å². The van der Waals surface area contributed by atoms with Gasteiger partial charge in [0.25, 0.3) is 0 Å². The minimum absolute atomic E-state index is 0.104. The lowest BCUT2D eigenvalue weighted by Crippen LogP contribution is -2.47. The normalized spacial score (nSPS) is 12.5. The lowest BCUT2D eigenvalue weighted by molar-refractivity contribution is -0.119. The Hall–Kier alpha value is -3.35. The van der Waals surface area contributed by atoms with Crippen molar-refractivity contribution in [2.24, 2.45) is 11.8 Å². The van der Waals surface area contributed by atoms with Gasteiger partial charge in [-0.25, -0.2) is 4.79 Å². The molecule has 0 bridgehead atoms. The number of carbonyl (C=O) groups excluding carboxylic acids is 3. The summed E-state index contributed by atoms with van der Waals surface area (Å²) in [4.78, 5) is 37.1. The summed E-state index contributed by atoms with van der Waals surface area (Å²) in [6.45, 7) is 7.57. The molecule has 7 nitrogen and oxygen atoms in total. The van der Waals surface area contributed by atoms with E-state index in [1.807, 2.05) is 44.2 Å². The summed E-state index contributed by atoms with van der Waals surface area (Å²) in [5, 5.41) is 8.30. The number of carbonyl (C=O) groups is 3. The highest BCUT2D eigenvalue weighted by molar-refractivity contribution is 5.98. The van der Waals surface area contributed by atoms with Crippen molar-refractivity contribution < 1.29 is 19.1 Å². The van der Waals surface area contributed by atoms with Gasteiger partial charge in [0.2, 0.25) is 11.8 Å². The van der Waals surface area contributed by atoms with E-state index in [9.17, 15) is 14.4 Å². The Morgan fingerprint density at radius 3 is 2.06 bits per heavy atom.